The van der Waals surface area contributed by atoms with Gasteiger partial charge >= 0.3 is 0 Å². The molecule has 140 valence electrons. The molecule has 0 aromatic heterocycles. The lowest BCUT2D eigenvalue weighted by atomic mass is 10.1. The Balaban J connectivity index is 1.98. The van der Waals surface area contributed by atoms with Crippen molar-refractivity contribution in [2.24, 2.45) is 0 Å². The maximum Gasteiger partial charge on any atom is 0.250 e. The Labute approximate surface area is 169 Å². The zero-order valence-electron chi connectivity index (χ0n) is 16.2. The summed E-state index contributed by atoms with van der Waals surface area (Å²) in [4.78, 5) is 25.2. The number of carbonyl (C=O) groups excluding carboxylic acids is 2. The highest BCUT2D eigenvalue weighted by Crippen LogP contribution is 2.38. The molecule has 2 aromatic carbocycles. The predicted molar refractivity (Wildman–Crippen MR) is 115 cm³/mol. The van der Waals surface area contributed by atoms with Crippen LogP contribution in [0.25, 0.3) is 6.08 Å². The minimum Gasteiger partial charge on any atom is -0.543 e. The Morgan fingerprint density at radius 2 is 1.52 bits per heavy atom. The average Bonchev–Trinajstić information content (AvgIpc) is 2.78. The molecular weight excluding hydrogens is 420 g/mol. The number of allylic oxidation sites excluding steroid dienone is 1. The fraction of sp³-hybridized carbons (Fsp3) is 0.273. The Hall–Kier alpha value is -1.98. The van der Waals surface area contributed by atoms with Gasteiger partial charge in [-0.3, -0.25) is 9.59 Å². The minimum atomic E-state index is -1.99. The lowest BCUT2D eigenvalue weighted by Crippen LogP contribution is -2.43. The highest BCUT2D eigenvalue weighted by atomic mass is 79.9. The van der Waals surface area contributed by atoms with Crippen LogP contribution in [-0.4, -0.2) is 19.9 Å². The number of hydrogen-bond donors (Lipinski definition) is 0. The normalized spacial score (nSPS) is 14.4. The number of carbonyl (C=O) groups is 2. The van der Waals surface area contributed by atoms with Crippen LogP contribution in [0.4, 0.5) is 0 Å². The van der Waals surface area contributed by atoms with Crippen molar-refractivity contribution in [1.29, 1.82) is 0 Å². The summed E-state index contributed by atoms with van der Waals surface area (Å²) in [5.74, 6) is 0.308. The van der Waals surface area contributed by atoms with E-state index < -0.39 is 8.32 Å². The molecule has 1 aliphatic rings. The summed E-state index contributed by atoms with van der Waals surface area (Å²) >= 11 is 3.52. The molecule has 0 saturated carbocycles. The molecule has 0 atom stereocenters. The lowest BCUT2D eigenvalue weighted by Gasteiger charge is -2.36. The van der Waals surface area contributed by atoms with Gasteiger partial charge in [0.15, 0.2) is 11.6 Å². The number of ketones is 2. The first-order chi connectivity index (χ1) is 12.5. The maximum absolute atomic E-state index is 12.6. The van der Waals surface area contributed by atoms with Gasteiger partial charge in [-0.25, -0.2) is 0 Å². The summed E-state index contributed by atoms with van der Waals surface area (Å²) in [5, 5.41) is 0.0764. The number of hydrogen-bond acceptors (Lipinski definition) is 3. The van der Waals surface area contributed by atoms with E-state index in [2.05, 4.69) is 49.8 Å². The fourth-order valence-electron chi connectivity index (χ4n) is 2.74. The van der Waals surface area contributed by atoms with Crippen LogP contribution in [0.2, 0.25) is 18.1 Å². The van der Waals surface area contributed by atoms with Gasteiger partial charge in [0, 0.05) is 15.6 Å². The third kappa shape index (κ3) is 3.85. The molecule has 0 aliphatic heterocycles. The minimum absolute atomic E-state index is 0.0764. The smallest absolute Gasteiger partial charge is 0.250 e. The SMILES string of the molecule is CC(C)(C)[Si](C)(C)Oc1cc(Br)cc(C=C2C(=O)c3ccccc3C2=O)c1. The Bertz CT molecular complexity index is 931. The van der Waals surface area contributed by atoms with Gasteiger partial charge in [-0.05, 0) is 48.0 Å². The second kappa shape index (κ2) is 6.88. The standard InChI is InChI=1S/C22H23BrO3Si/c1-22(2,3)27(4,5)26-16-11-14(10-15(23)13-16)12-19-20(24)17-8-6-7-9-18(17)21(19)25/h6-13H,1-5H3. The van der Waals surface area contributed by atoms with E-state index in [1.165, 1.54) is 0 Å². The highest BCUT2D eigenvalue weighted by molar-refractivity contribution is 9.10. The van der Waals surface area contributed by atoms with Gasteiger partial charge in [-0.15, -0.1) is 0 Å². The van der Waals surface area contributed by atoms with Crippen molar-refractivity contribution < 1.29 is 14.0 Å². The maximum atomic E-state index is 12.6. The van der Waals surface area contributed by atoms with Crippen LogP contribution < -0.4 is 4.43 Å². The first-order valence-electron chi connectivity index (χ1n) is 8.89. The summed E-state index contributed by atoms with van der Waals surface area (Å²) in [6, 6.07) is 12.6. The summed E-state index contributed by atoms with van der Waals surface area (Å²) in [5.41, 5.74) is 1.91. The predicted octanol–water partition coefficient (Wildman–Crippen LogP) is 6.30. The van der Waals surface area contributed by atoms with Crippen LogP contribution in [0.3, 0.4) is 0 Å². The molecule has 3 rings (SSSR count). The van der Waals surface area contributed by atoms with Gasteiger partial charge in [0.1, 0.15) is 5.75 Å². The fourth-order valence-corrected chi connectivity index (χ4v) is 4.25. The van der Waals surface area contributed by atoms with Gasteiger partial charge < -0.3 is 4.43 Å². The van der Waals surface area contributed by atoms with Crippen molar-refractivity contribution in [3.05, 3.63) is 69.2 Å². The van der Waals surface area contributed by atoms with E-state index in [1.807, 2.05) is 18.2 Å². The molecule has 0 fully saturated rings. The second-order valence-corrected chi connectivity index (χ2v) is 14.0. The van der Waals surface area contributed by atoms with Crippen LogP contribution in [0, 0.1) is 0 Å². The van der Waals surface area contributed by atoms with Gasteiger partial charge in [-0.1, -0.05) is 61.0 Å². The molecule has 2 aromatic rings. The summed E-state index contributed by atoms with van der Waals surface area (Å²) in [6.45, 7) is 10.9. The van der Waals surface area contributed by atoms with Crippen LogP contribution in [0.1, 0.15) is 47.1 Å². The molecule has 0 spiro atoms. The summed E-state index contributed by atoms with van der Waals surface area (Å²) < 4.78 is 7.23. The third-order valence-corrected chi connectivity index (χ3v) is 10.1. The van der Waals surface area contributed by atoms with Crippen molar-refractivity contribution >= 4 is 41.9 Å². The molecular formula is C22H23BrO3Si. The number of halogens is 1. The van der Waals surface area contributed by atoms with E-state index in [-0.39, 0.29) is 22.2 Å². The molecule has 3 nitrogen and oxygen atoms in total. The number of rotatable bonds is 3. The highest BCUT2D eigenvalue weighted by Gasteiger charge is 2.39. The molecule has 1 aliphatic carbocycles. The molecule has 0 unspecified atom stereocenters. The largest absolute Gasteiger partial charge is 0.543 e. The molecule has 0 N–H and O–H groups in total. The topological polar surface area (TPSA) is 43.4 Å². The summed E-state index contributed by atoms with van der Waals surface area (Å²) in [7, 11) is -1.99. The van der Waals surface area contributed by atoms with E-state index in [9.17, 15) is 9.59 Å². The molecule has 27 heavy (non-hydrogen) atoms. The third-order valence-electron chi connectivity index (χ3n) is 5.29. The summed E-state index contributed by atoms with van der Waals surface area (Å²) in [6.07, 6.45) is 1.66. The van der Waals surface area contributed by atoms with Crippen LogP contribution in [0.15, 0.2) is 52.5 Å². The zero-order valence-corrected chi connectivity index (χ0v) is 18.8. The number of Topliss-reactive ketones (excluding diaryl/α,β-unsaturated/α-hetero) is 2. The Kier molecular flexibility index (Phi) is 5.03. The van der Waals surface area contributed by atoms with E-state index in [1.54, 1.807) is 30.3 Å². The average molecular weight is 443 g/mol. The van der Waals surface area contributed by atoms with Crippen molar-refractivity contribution in [1.82, 2.24) is 0 Å². The van der Waals surface area contributed by atoms with Gasteiger partial charge in [-0.2, -0.15) is 0 Å². The number of fused-ring (bicyclic) bond motifs is 1. The molecule has 0 radical (unpaired) electrons. The second-order valence-electron chi connectivity index (χ2n) is 8.34. The molecule has 0 saturated heterocycles. The van der Waals surface area contributed by atoms with Crippen molar-refractivity contribution in [3.8, 4) is 5.75 Å². The van der Waals surface area contributed by atoms with E-state index in [0.29, 0.717) is 11.1 Å². The van der Waals surface area contributed by atoms with Crippen molar-refractivity contribution in [3.63, 3.8) is 0 Å². The first kappa shape index (κ1) is 19.8. The van der Waals surface area contributed by atoms with Crippen LogP contribution in [0.5, 0.6) is 5.75 Å². The zero-order chi connectivity index (χ0) is 20.0. The quantitative estimate of drug-likeness (QED) is 0.318. The lowest BCUT2D eigenvalue weighted by molar-refractivity contribution is 0.0990. The van der Waals surface area contributed by atoms with Crippen LogP contribution in [-0.2, 0) is 0 Å². The Morgan fingerprint density at radius 1 is 0.963 bits per heavy atom. The number of benzene rings is 2. The van der Waals surface area contributed by atoms with E-state index >= 15 is 0 Å². The van der Waals surface area contributed by atoms with E-state index in [4.69, 9.17) is 4.43 Å². The van der Waals surface area contributed by atoms with Gasteiger partial charge in [0.2, 0.25) is 8.32 Å². The van der Waals surface area contributed by atoms with Crippen LogP contribution >= 0.6 is 15.9 Å². The molecule has 5 heteroatoms. The first-order valence-corrected chi connectivity index (χ1v) is 12.6. The molecule has 0 bridgehead atoms. The monoisotopic (exact) mass is 442 g/mol. The molecule has 0 amide bonds. The van der Waals surface area contributed by atoms with E-state index in [0.717, 1.165) is 15.8 Å². The Morgan fingerprint density at radius 3 is 2.04 bits per heavy atom. The molecule has 0 heterocycles. The van der Waals surface area contributed by atoms with Crippen molar-refractivity contribution in [2.75, 3.05) is 0 Å². The van der Waals surface area contributed by atoms with Crippen molar-refractivity contribution in [2.45, 2.75) is 38.9 Å². The van der Waals surface area contributed by atoms with Gasteiger partial charge in [0.05, 0.1) is 5.57 Å². The van der Waals surface area contributed by atoms with Gasteiger partial charge in [0.25, 0.3) is 0 Å².